The third-order valence-electron chi connectivity index (χ3n) is 0. The van der Waals surface area contributed by atoms with Crippen LogP contribution in [-0.4, -0.2) is 36.4 Å². The average molecular weight is 195 g/mol. The van der Waals surface area contributed by atoms with Gasteiger partial charge in [0.2, 0.25) is 0 Å². The van der Waals surface area contributed by atoms with Crippen molar-refractivity contribution in [3.05, 3.63) is 15.3 Å². The van der Waals surface area contributed by atoms with Crippen LogP contribution in [-0.2, 0) is 0 Å². The number of nitrogens with zero attached hydrogens (tertiary/aromatic N) is 1. The molecule has 0 aliphatic rings. The quantitative estimate of drug-likeness (QED) is 0.349. The second-order valence-corrected chi connectivity index (χ2v) is 0.224. The fourth-order valence-corrected chi connectivity index (χ4v) is 0. The maximum absolute atomic E-state index is 8.25. The second kappa shape index (κ2) is 8.90. The molecular weight excluding hydrogens is 193 g/mol. The van der Waals surface area contributed by atoms with Crippen LogP contribution in [0.2, 0.25) is 0 Å². The molecule has 0 saturated carbocycles. The summed E-state index contributed by atoms with van der Waals surface area (Å²) in [6.45, 7) is 0. The number of hydrogen-bond acceptors (Lipinski definition) is 3. The van der Waals surface area contributed by atoms with Gasteiger partial charge in [-0.05, 0) is 0 Å². The van der Waals surface area contributed by atoms with Crippen molar-refractivity contribution < 1.29 is 10.6 Å². The molecule has 0 unspecified atom stereocenters. The molecule has 0 aromatic heterocycles. The maximum atomic E-state index is 8.25. The number of rotatable bonds is 0. The molecule has 0 amide bonds. The molecule has 0 aliphatic carbocycles. The Morgan fingerprint density at radius 2 is 1.33 bits per heavy atom. The van der Waals surface area contributed by atoms with Gasteiger partial charge in [-0.15, -0.1) is 0 Å². The molecule has 6 heteroatoms. The van der Waals surface area contributed by atoms with Gasteiger partial charge in [-0.2, -0.15) is 0 Å². The summed E-state index contributed by atoms with van der Waals surface area (Å²) in [4.78, 5) is 8.25. The van der Waals surface area contributed by atoms with E-state index in [-0.39, 0.29) is 31.3 Å². The molecule has 5 nitrogen and oxygen atoms in total. The van der Waals surface area contributed by atoms with Gasteiger partial charge in [-0.1, -0.05) is 0 Å². The van der Waals surface area contributed by atoms with Crippen LogP contribution in [0.3, 0.4) is 0 Å². The number of hydrogen-bond donors (Lipinski definition) is 0. The van der Waals surface area contributed by atoms with E-state index in [9.17, 15) is 0 Å². The summed E-state index contributed by atoms with van der Waals surface area (Å²) >= 11 is 0. The van der Waals surface area contributed by atoms with Gasteiger partial charge in [-0.3, -0.25) is 0 Å². The van der Waals surface area contributed by atoms with Gasteiger partial charge in [0.25, 0.3) is 0 Å². The summed E-state index contributed by atoms with van der Waals surface area (Å²) in [5.74, 6) is 0. The van der Waals surface area contributed by atoms with Crippen LogP contribution in [0, 0.1) is 15.3 Å². The van der Waals surface area contributed by atoms with Crippen molar-refractivity contribution in [1.82, 2.24) is 0 Å². The first kappa shape index (κ1) is 16.6. The summed E-state index contributed by atoms with van der Waals surface area (Å²) in [5.41, 5.74) is 0. The Morgan fingerprint density at radius 3 is 1.33 bits per heavy atom. The average Bonchev–Trinajstić information content (AvgIpc) is 0.811. The largest absolute Gasteiger partial charge is 3.00 e. The zero-order chi connectivity index (χ0) is 3.58. The minimum atomic E-state index is -1.75. The molecule has 0 aromatic carbocycles. The Bertz CT molecular complexity index is 30.5. The first-order chi connectivity index (χ1) is 1.73. The zero-order valence-electron chi connectivity index (χ0n) is 2.75. The molecule has 2 N–H and O–H groups in total. The molecule has 0 radical (unpaired) electrons. The fourth-order valence-electron chi connectivity index (χ4n) is 0. The van der Waals surface area contributed by atoms with Gasteiger partial charge in [0.15, 0.2) is 0 Å². The predicted molar refractivity (Wildman–Crippen MR) is 19.7 cm³/mol. The molecule has 0 saturated heterocycles. The Morgan fingerprint density at radius 1 is 1.33 bits per heavy atom. The summed E-state index contributed by atoms with van der Waals surface area (Å²) in [6, 6.07) is 0. The summed E-state index contributed by atoms with van der Waals surface area (Å²) in [6.07, 6.45) is 0. The normalized spacial score (nSPS) is 4.00. The van der Waals surface area contributed by atoms with Crippen molar-refractivity contribution in [3.63, 3.8) is 0 Å². The van der Waals surface area contributed by atoms with Gasteiger partial charge in [0, 0.05) is 0 Å². The summed E-state index contributed by atoms with van der Waals surface area (Å²) in [5, 5.41) is 14.8. The van der Waals surface area contributed by atoms with E-state index < -0.39 is 5.09 Å². The van der Waals surface area contributed by atoms with Crippen molar-refractivity contribution in [2.75, 3.05) is 0 Å². The van der Waals surface area contributed by atoms with Crippen LogP contribution in [0.4, 0.5) is 0 Å². The minimum Gasteiger partial charge on any atom is -0.412 e. The Labute approximate surface area is 52.2 Å². The van der Waals surface area contributed by atoms with E-state index in [2.05, 4.69) is 0 Å². The van der Waals surface area contributed by atoms with Crippen LogP contribution in [0.25, 0.3) is 0 Å². The van der Waals surface area contributed by atoms with Gasteiger partial charge in [0.1, 0.15) is 0 Å². The van der Waals surface area contributed by atoms with E-state index in [1.807, 2.05) is 0 Å². The van der Waals surface area contributed by atoms with E-state index in [1.165, 1.54) is 0 Å². The molecule has 0 fully saturated rings. The standard InChI is InChI=1S/In.NO3.H2O/c;2-1(3)4;/h;;1H2/q+3;-1;. The van der Waals surface area contributed by atoms with E-state index in [4.69, 9.17) is 15.3 Å². The predicted octanol–water partition coefficient (Wildman–Crippen LogP) is -1.44. The van der Waals surface area contributed by atoms with Crippen molar-refractivity contribution in [3.8, 4) is 0 Å². The van der Waals surface area contributed by atoms with Crippen molar-refractivity contribution >= 4 is 25.8 Å². The summed E-state index contributed by atoms with van der Waals surface area (Å²) < 4.78 is 0. The van der Waals surface area contributed by atoms with Gasteiger partial charge < -0.3 is 20.8 Å². The molecule has 0 atom stereocenters. The molecule has 0 bridgehead atoms. The SMILES string of the molecule is O.O=[N+]([O-])[O-].[In+3]. The van der Waals surface area contributed by atoms with Gasteiger partial charge in [0.05, 0.1) is 5.09 Å². The fraction of sp³-hybridized carbons (Fsp3) is 0. The van der Waals surface area contributed by atoms with Crippen LogP contribution in [0.1, 0.15) is 0 Å². The topological polar surface area (TPSA) is 97.7 Å². The molecule has 0 aliphatic heterocycles. The molecule has 32 valence electrons. The molecule has 6 heavy (non-hydrogen) atoms. The Hall–Kier alpha value is 0.0301. The van der Waals surface area contributed by atoms with Crippen LogP contribution in [0.5, 0.6) is 0 Å². The van der Waals surface area contributed by atoms with Crippen LogP contribution in [0.15, 0.2) is 0 Å². The van der Waals surface area contributed by atoms with Gasteiger partial charge >= 0.3 is 25.8 Å². The second-order valence-electron chi connectivity index (χ2n) is 0.224. The summed E-state index contributed by atoms with van der Waals surface area (Å²) in [7, 11) is 0. The molecule has 0 heterocycles. The van der Waals surface area contributed by atoms with E-state index in [1.54, 1.807) is 0 Å². The smallest absolute Gasteiger partial charge is 0.412 e. The van der Waals surface area contributed by atoms with Crippen LogP contribution >= 0.6 is 0 Å². The van der Waals surface area contributed by atoms with Crippen molar-refractivity contribution in [2.24, 2.45) is 0 Å². The van der Waals surface area contributed by atoms with Crippen molar-refractivity contribution in [1.29, 1.82) is 0 Å². The van der Waals surface area contributed by atoms with E-state index in [0.29, 0.717) is 0 Å². The first-order valence-electron chi connectivity index (χ1n) is 0.548. The maximum Gasteiger partial charge on any atom is 3.00 e. The molecule has 0 rings (SSSR count). The zero-order valence-corrected chi connectivity index (χ0v) is 6.04. The third kappa shape index (κ3) is 40800. The Balaban J connectivity index is -0.0000000450. The molecular formula is H2InNO4+2. The monoisotopic (exact) mass is 195 g/mol. The van der Waals surface area contributed by atoms with E-state index >= 15 is 0 Å². The molecule has 0 spiro atoms. The van der Waals surface area contributed by atoms with E-state index in [0.717, 1.165) is 0 Å². The molecule has 0 aromatic rings. The third-order valence-corrected chi connectivity index (χ3v) is 0. The van der Waals surface area contributed by atoms with Crippen LogP contribution < -0.4 is 0 Å². The first-order valence-corrected chi connectivity index (χ1v) is 0.548. The van der Waals surface area contributed by atoms with Crippen molar-refractivity contribution in [2.45, 2.75) is 0 Å². The van der Waals surface area contributed by atoms with Gasteiger partial charge in [-0.25, -0.2) is 0 Å². The Kier molecular flexibility index (Phi) is 24.6. The minimum absolute atomic E-state index is 0.